The van der Waals surface area contributed by atoms with E-state index in [1.54, 1.807) is 0 Å². The third-order valence-electron chi connectivity index (χ3n) is 5.05. The number of amides is 1. The number of carbonyl (C=O) groups is 1. The van der Waals surface area contributed by atoms with Gasteiger partial charge in [-0.1, -0.05) is 24.3 Å². The molecule has 1 atom stereocenters. The van der Waals surface area contributed by atoms with Crippen LogP contribution in [0.1, 0.15) is 41.7 Å². The average Bonchev–Trinajstić information content (AvgIpc) is 3.23. The van der Waals surface area contributed by atoms with E-state index in [9.17, 15) is 4.79 Å². The topological polar surface area (TPSA) is 65.1 Å². The van der Waals surface area contributed by atoms with E-state index >= 15 is 0 Å². The lowest BCUT2D eigenvalue weighted by Crippen LogP contribution is -2.42. The summed E-state index contributed by atoms with van der Waals surface area (Å²) in [6.07, 6.45) is 2.99. The molecule has 24 heavy (non-hydrogen) atoms. The summed E-state index contributed by atoms with van der Waals surface area (Å²) in [5, 5.41) is 7.15. The third kappa shape index (κ3) is 2.94. The molecule has 3 heterocycles. The number of nitrogens with zero attached hydrogens (tertiary/aromatic N) is 4. The van der Waals surface area contributed by atoms with Crippen molar-refractivity contribution in [1.29, 1.82) is 0 Å². The summed E-state index contributed by atoms with van der Waals surface area (Å²) in [6.45, 7) is 4.99. The molecular weight excluding hydrogens is 302 g/mol. The molecule has 0 radical (unpaired) electrons. The summed E-state index contributed by atoms with van der Waals surface area (Å²) < 4.78 is 0. The molecule has 6 nitrogen and oxygen atoms in total. The Hall–Kier alpha value is -2.21. The van der Waals surface area contributed by atoms with Crippen molar-refractivity contribution in [3.8, 4) is 0 Å². The molecular formula is C18H23N5O. The van der Waals surface area contributed by atoms with Gasteiger partial charge in [0.2, 0.25) is 5.91 Å². The second-order valence-electron chi connectivity index (χ2n) is 6.75. The van der Waals surface area contributed by atoms with Crippen molar-refractivity contribution in [3.05, 3.63) is 47.0 Å². The maximum Gasteiger partial charge on any atom is 0.237 e. The van der Waals surface area contributed by atoms with Crippen molar-refractivity contribution in [3.63, 3.8) is 0 Å². The number of aromatic nitrogens is 3. The first-order valence-electron chi connectivity index (χ1n) is 8.68. The van der Waals surface area contributed by atoms with E-state index < -0.39 is 0 Å². The van der Waals surface area contributed by atoms with Crippen molar-refractivity contribution in [2.45, 2.75) is 38.8 Å². The van der Waals surface area contributed by atoms with E-state index in [-0.39, 0.29) is 11.9 Å². The van der Waals surface area contributed by atoms with Gasteiger partial charge in [0, 0.05) is 19.6 Å². The highest BCUT2D eigenvalue weighted by molar-refractivity contribution is 5.79. The SMILES string of the molecule is Cc1nc(C2CCCN2C(=O)CN2CCc3ccccc3C2)n[nH]1. The minimum absolute atomic E-state index is 0.0273. The molecule has 1 N–H and O–H groups in total. The van der Waals surface area contributed by atoms with Gasteiger partial charge in [0.15, 0.2) is 5.82 Å². The molecule has 1 aromatic heterocycles. The number of benzene rings is 1. The first-order valence-corrected chi connectivity index (χ1v) is 8.68. The minimum Gasteiger partial charge on any atom is -0.331 e. The van der Waals surface area contributed by atoms with E-state index in [0.717, 1.165) is 50.5 Å². The molecule has 1 unspecified atom stereocenters. The molecule has 2 aliphatic heterocycles. The van der Waals surface area contributed by atoms with Crippen molar-refractivity contribution >= 4 is 5.91 Å². The fraction of sp³-hybridized carbons (Fsp3) is 0.500. The summed E-state index contributed by atoms with van der Waals surface area (Å²) in [4.78, 5) is 21.5. The van der Waals surface area contributed by atoms with Crippen molar-refractivity contribution in [2.24, 2.45) is 0 Å². The lowest BCUT2D eigenvalue weighted by Gasteiger charge is -2.31. The highest BCUT2D eigenvalue weighted by Gasteiger charge is 2.33. The summed E-state index contributed by atoms with van der Waals surface area (Å²) >= 11 is 0. The number of rotatable bonds is 3. The number of hydrogen-bond acceptors (Lipinski definition) is 4. The van der Waals surface area contributed by atoms with Crippen molar-refractivity contribution in [1.82, 2.24) is 25.0 Å². The molecule has 126 valence electrons. The number of aryl methyl sites for hydroxylation is 1. The summed E-state index contributed by atoms with van der Waals surface area (Å²) in [5.74, 6) is 1.75. The van der Waals surface area contributed by atoms with E-state index in [0.29, 0.717) is 6.54 Å². The first kappa shape index (κ1) is 15.3. The molecule has 1 fully saturated rings. The smallest absolute Gasteiger partial charge is 0.237 e. The monoisotopic (exact) mass is 325 g/mol. The van der Waals surface area contributed by atoms with Gasteiger partial charge in [0.25, 0.3) is 0 Å². The van der Waals surface area contributed by atoms with Gasteiger partial charge in [-0.25, -0.2) is 4.98 Å². The van der Waals surface area contributed by atoms with Gasteiger partial charge in [-0.05, 0) is 37.3 Å². The van der Waals surface area contributed by atoms with Gasteiger partial charge < -0.3 is 4.90 Å². The molecule has 2 aromatic rings. The lowest BCUT2D eigenvalue weighted by atomic mass is 10.00. The summed E-state index contributed by atoms with van der Waals surface area (Å²) in [7, 11) is 0. The second kappa shape index (κ2) is 6.36. The standard InChI is InChI=1S/C18H23N5O/c1-13-19-18(21-20-13)16-7-4-9-23(16)17(24)12-22-10-8-14-5-2-3-6-15(14)11-22/h2-3,5-6,16H,4,7-12H2,1H3,(H,19,20,21). The van der Waals surface area contributed by atoms with Crippen molar-refractivity contribution < 1.29 is 4.79 Å². The van der Waals surface area contributed by atoms with Gasteiger partial charge in [0.1, 0.15) is 5.82 Å². The van der Waals surface area contributed by atoms with Gasteiger partial charge >= 0.3 is 0 Å². The van der Waals surface area contributed by atoms with Gasteiger partial charge in [-0.3, -0.25) is 14.8 Å². The molecule has 0 bridgehead atoms. The van der Waals surface area contributed by atoms with E-state index in [4.69, 9.17) is 0 Å². The van der Waals surface area contributed by atoms with Crippen LogP contribution in [0.5, 0.6) is 0 Å². The van der Waals surface area contributed by atoms with Crippen LogP contribution in [0.25, 0.3) is 0 Å². The zero-order valence-corrected chi connectivity index (χ0v) is 14.0. The highest BCUT2D eigenvalue weighted by atomic mass is 16.2. The molecule has 4 rings (SSSR count). The Morgan fingerprint density at radius 3 is 2.92 bits per heavy atom. The maximum atomic E-state index is 12.8. The quantitative estimate of drug-likeness (QED) is 0.935. The molecule has 1 saturated heterocycles. The largest absolute Gasteiger partial charge is 0.331 e. The number of carbonyl (C=O) groups excluding carboxylic acids is 1. The molecule has 6 heteroatoms. The minimum atomic E-state index is 0.0273. The fourth-order valence-corrected chi connectivity index (χ4v) is 3.81. The second-order valence-corrected chi connectivity index (χ2v) is 6.75. The fourth-order valence-electron chi connectivity index (χ4n) is 3.81. The zero-order chi connectivity index (χ0) is 16.5. The number of nitrogens with one attached hydrogen (secondary N) is 1. The van der Waals surface area contributed by atoms with Crippen LogP contribution in [0.15, 0.2) is 24.3 Å². The molecule has 1 amide bonds. The van der Waals surface area contributed by atoms with Crippen LogP contribution in [-0.4, -0.2) is 50.5 Å². The maximum absolute atomic E-state index is 12.8. The van der Waals surface area contributed by atoms with Gasteiger partial charge in [0.05, 0.1) is 12.6 Å². The molecule has 1 aromatic carbocycles. The van der Waals surface area contributed by atoms with E-state index in [2.05, 4.69) is 44.3 Å². The van der Waals surface area contributed by atoms with Crippen LogP contribution in [0.2, 0.25) is 0 Å². The van der Waals surface area contributed by atoms with Crippen LogP contribution in [0.3, 0.4) is 0 Å². The first-order chi connectivity index (χ1) is 11.7. The van der Waals surface area contributed by atoms with Crippen LogP contribution < -0.4 is 0 Å². The predicted molar refractivity (Wildman–Crippen MR) is 90.2 cm³/mol. The normalized spacial score (nSPS) is 21.0. The third-order valence-corrected chi connectivity index (χ3v) is 5.05. The number of H-pyrrole nitrogens is 1. The molecule has 2 aliphatic rings. The van der Waals surface area contributed by atoms with Crippen molar-refractivity contribution in [2.75, 3.05) is 19.6 Å². The molecule has 0 spiro atoms. The number of fused-ring (bicyclic) bond motifs is 1. The Balaban J connectivity index is 1.43. The zero-order valence-electron chi connectivity index (χ0n) is 14.0. The Kier molecular flexibility index (Phi) is 4.06. The highest BCUT2D eigenvalue weighted by Crippen LogP contribution is 2.30. The van der Waals surface area contributed by atoms with Gasteiger partial charge in [-0.15, -0.1) is 0 Å². The lowest BCUT2D eigenvalue weighted by molar-refractivity contribution is -0.133. The van der Waals surface area contributed by atoms with Gasteiger partial charge in [-0.2, -0.15) is 5.10 Å². The molecule has 0 saturated carbocycles. The number of likely N-dealkylation sites (tertiary alicyclic amines) is 1. The van der Waals surface area contributed by atoms with Crippen LogP contribution >= 0.6 is 0 Å². The number of hydrogen-bond donors (Lipinski definition) is 1. The number of aromatic amines is 1. The average molecular weight is 325 g/mol. The Morgan fingerprint density at radius 2 is 2.12 bits per heavy atom. The Morgan fingerprint density at radius 1 is 1.29 bits per heavy atom. The summed E-state index contributed by atoms with van der Waals surface area (Å²) in [6, 6.07) is 8.55. The summed E-state index contributed by atoms with van der Waals surface area (Å²) in [5.41, 5.74) is 2.76. The van der Waals surface area contributed by atoms with Crippen LogP contribution in [-0.2, 0) is 17.8 Å². The Bertz CT molecular complexity index is 741. The van der Waals surface area contributed by atoms with E-state index in [1.807, 2.05) is 11.8 Å². The molecule has 0 aliphatic carbocycles. The predicted octanol–water partition coefficient (Wildman–Crippen LogP) is 1.83. The van der Waals surface area contributed by atoms with Crippen LogP contribution in [0.4, 0.5) is 0 Å². The Labute approximate surface area is 141 Å². The van der Waals surface area contributed by atoms with Crippen LogP contribution in [0, 0.1) is 6.92 Å². The van der Waals surface area contributed by atoms with E-state index in [1.165, 1.54) is 11.1 Å².